The molecular formula is C20H24F3N2O4S2+. The Hall–Kier alpha value is -2.24. The summed E-state index contributed by atoms with van der Waals surface area (Å²) in [5.41, 5.74) is 1.22. The van der Waals surface area contributed by atoms with Crippen molar-refractivity contribution < 1.29 is 36.8 Å². The maximum Gasteiger partial charge on any atom is 0.491 e. The van der Waals surface area contributed by atoms with Gasteiger partial charge in [-0.25, -0.2) is 4.79 Å². The number of halogens is 3. The van der Waals surface area contributed by atoms with E-state index in [1.165, 1.54) is 16.9 Å². The molecule has 11 heteroatoms. The third-order valence-electron chi connectivity index (χ3n) is 4.08. The minimum Gasteiger partial charge on any atom is -0.386 e. The number of thiophene rings is 2. The van der Waals surface area contributed by atoms with Gasteiger partial charge in [-0.15, -0.1) is 11.3 Å². The topological polar surface area (TPSA) is 72.5 Å². The molecule has 1 atom stereocenters. The Morgan fingerprint density at radius 2 is 1.84 bits per heavy atom. The molecule has 0 saturated carbocycles. The van der Waals surface area contributed by atoms with Crippen LogP contribution in [0.3, 0.4) is 0 Å². The highest BCUT2D eigenvalue weighted by Crippen LogP contribution is 2.20. The number of quaternary nitrogens is 1. The molecule has 0 aliphatic heterocycles. The summed E-state index contributed by atoms with van der Waals surface area (Å²) in [7, 11) is 5.41. The van der Waals surface area contributed by atoms with Crippen molar-refractivity contribution in [2.75, 3.05) is 27.7 Å². The Morgan fingerprint density at radius 3 is 2.42 bits per heavy atom. The SMILES string of the molecule is C[N+](C)(C)C[C@@H](CC(=O)OC(=O)C(F)(F)F)NC(=O)c1ccc(CCc2ccsc2)s1. The van der Waals surface area contributed by atoms with Crippen molar-refractivity contribution in [1.82, 2.24) is 5.32 Å². The summed E-state index contributed by atoms with van der Waals surface area (Å²) in [6.07, 6.45) is -4.18. The van der Waals surface area contributed by atoms with E-state index in [0.29, 0.717) is 9.36 Å². The van der Waals surface area contributed by atoms with Gasteiger partial charge in [0, 0.05) is 4.88 Å². The lowest BCUT2D eigenvalue weighted by molar-refractivity contribution is -0.871. The molecule has 0 radical (unpaired) electrons. The number of esters is 2. The van der Waals surface area contributed by atoms with E-state index in [9.17, 15) is 27.6 Å². The highest BCUT2D eigenvalue weighted by molar-refractivity contribution is 7.14. The lowest BCUT2D eigenvalue weighted by Crippen LogP contribution is -2.50. The summed E-state index contributed by atoms with van der Waals surface area (Å²) in [5, 5.41) is 6.75. The van der Waals surface area contributed by atoms with Crippen LogP contribution in [-0.2, 0) is 27.2 Å². The van der Waals surface area contributed by atoms with Crippen molar-refractivity contribution in [1.29, 1.82) is 0 Å². The zero-order chi connectivity index (χ0) is 23.2. The quantitative estimate of drug-likeness (QED) is 0.341. The van der Waals surface area contributed by atoms with E-state index >= 15 is 0 Å². The number of aryl methyl sites for hydroxylation is 2. The van der Waals surface area contributed by atoms with E-state index < -0.39 is 36.5 Å². The van der Waals surface area contributed by atoms with Crippen LogP contribution in [0.2, 0.25) is 0 Å². The predicted octanol–water partition coefficient (Wildman–Crippen LogP) is 3.42. The monoisotopic (exact) mass is 477 g/mol. The van der Waals surface area contributed by atoms with Crippen molar-refractivity contribution in [2.45, 2.75) is 31.5 Å². The number of amides is 1. The third-order valence-corrected chi connectivity index (χ3v) is 5.96. The van der Waals surface area contributed by atoms with Gasteiger partial charge in [0.05, 0.1) is 45.0 Å². The van der Waals surface area contributed by atoms with Crippen LogP contribution in [0.15, 0.2) is 29.0 Å². The van der Waals surface area contributed by atoms with Gasteiger partial charge in [0.1, 0.15) is 0 Å². The van der Waals surface area contributed by atoms with Crippen LogP contribution in [0.5, 0.6) is 0 Å². The molecule has 6 nitrogen and oxygen atoms in total. The average Bonchev–Trinajstić information content (AvgIpc) is 3.29. The first-order valence-corrected chi connectivity index (χ1v) is 11.1. The van der Waals surface area contributed by atoms with Crippen LogP contribution < -0.4 is 5.32 Å². The Morgan fingerprint density at radius 1 is 1.13 bits per heavy atom. The fraction of sp³-hybridized carbons (Fsp3) is 0.450. The van der Waals surface area contributed by atoms with Gasteiger partial charge in [-0.1, -0.05) is 0 Å². The van der Waals surface area contributed by atoms with E-state index in [4.69, 9.17) is 0 Å². The molecule has 1 N–H and O–H groups in total. The molecule has 0 aliphatic carbocycles. The molecule has 2 heterocycles. The van der Waals surface area contributed by atoms with Gasteiger partial charge in [0.2, 0.25) is 0 Å². The van der Waals surface area contributed by atoms with Crippen LogP contribution in [0.4, 0.5) is 13.2 Å². The molecule has 0 spiro atoms. The minimum absolute atomic E-state index is 0.247. The first-order chi connectivity index (χ1) is 14.3. The number of carbonyl (C=O) groups is 3. The molecule has 2 rings (SSSR count). The van der Waals surface area contributed by atoms with Crippen LogP contribution in [0.25, 0.3) is 0 Å². The molecule has 1 amide bonds. The number of nitrogens with one attached hydrogen (secondary N) is 1. The highest BCUT2D eigenvalue weighted by atomic mass is 32.1. The summed E-state index contributed by atoms with van der Waals surface area (Å²) in [6.45, 7) is 0.247. The maximum absolute atomic E-state index is 12.6. The molecule has 31 heavy (non-hydrogen) atoms. The molecule has 2 aromatic rings. The lowest BCUT2D eigenvalue weighted by Gasteiger charge is -2.29. The predicted molar refractivity (Wildman–Crippen MR) is 112 cm³/mol. The zero-order valence-corrected chi connectivity index (χ0v) is 19.0. The van der Waals surface area contributed by atoms with E-state index in [0.717, 1.165) is 17.7 Å². The number of likely N-dealkylation sites (N-methyl/N-ethyl adjacent to an activating group) is 1. The van der Waals surface area contributed by atoms with Crippen molar-refractivity contribution in [3.63, 3.8) is 0 Å². The van der Waals surface area contributed by atoms with E-state index in [1.54, 1.807) is 38.5 Å². The molecule has 2 aromatic heterocycles. The second-order valence-corrected chi connectivity index (χ2v) is 9.95. The van der Waals surface area contributed by atoms with Gasteiger partial charge in [-0.3, -0.25) is 9.59 Å². The van der Waals surface area contributed by atoms with Crippen molar-refractivity contribution >= 4 is 40.5 Å². The highest BCUT2D eigenvalue weighted by Gasteiger charge is 2.42. The molecule has 170 valence electrons. The van der Waals surface area contributed by atoms with Crippen LogP contribution in [-0.4, -0.2) is 62.2 Å². The number of rotatable bonds is 9. The summed E-state index contributed by atoms with van der Waals surface area (Å²) in [5.74, 6) is -4.34. The molecular weight excluding hydrogens is 453 g/mol. The van der Waals surface area contributed by atoms with Crippen LogP contribution in [0, 0.1) is 0 Å². The van der Waals surface area contributed by atoms with Crippen molar-refractivity contribution in [2.24, 2.45) is 0 Å². The number of hydrogen-bond donors (Lipinski definition) is 1. The van der Waals surface area contributed by atoms with E-state index in [2.05, 4.69) is 15.4 Å². The maximum atomic E-state index is 12.6. The Balaban J connectivity index is 1.99. The lowest BCUT2D eigenvalue weighted by atomic mass is 10.1. The number of hydrogen-bond acceptors (Lipinski definition) is 6. The van der Waals surface area contributed by atoms with Gasteiger partial charge in [-0.2, -0.15) is 24.5 Å². The van der Waals surface area contributed by atoms with Crippen LogP contribution >= 0.6 is 22.7 Å². The summed E-state index contributed by atoms with van der Waals surface area (Å²) in [4.78, 5) is 36.8. The normalized spacial score (nSPS) is 13.0. The second-order valence-electron chi connectivity index (χ2n) is 8.00. The molecule has 0 aromatic carbocycles. The summed E-state index contributed by atoms with van der Waals surface area (Å²) in [6, 6.07) is 4.77. The Kier molecular flexibility index (Phi) is 8.38. The van der Waals surface area contributed by atoms with Gasteiger partial charge in [0.15, 0.2) is 0 Å². The number of ether oxygens (including phenoxy) is 1. The zero-order valence-electron chi connectivity index (χ0n) is 17.3. The average molecular weight is 478 g/mol. The molecule has 0 fully saturated rings. The fourth-order valence-electron chi connectivity index (χ4n) is 2.82. The number of nitrogens with zero attached hydrogens (tertiary/aromatic N) is 1. The molecule has 0 aliphatic rings. The fourth-order valence-corrected chi connectivity index (χ4v) is 4.43. The number of alkyl halides is 3. The Labute approximate surface area is 186 Å². The summed E-state index contributed by atoms with van der Waals surface area (Å²) < 4.78 is 41.1. The molecule has 0 unspecified atom stereocenters. The smallest absolute Gasteiger partial charge is 0.386 e. The van der Waals surface area contributed by atoms with Crippen molar-refractivity contribution in [3.8, 4) is 0 Å². The first kappa shape index (κ1) is 25.0. The Bertz CT molecular complexity index is 902. The first-order valence-electron chi connectivity index (χ1n) is 9.36. The number of carbonyl (C=O) groups excluding carboxylic acids is 3. The third kappa shape index (κ3) is 8.80. The minimum atomic E-state index is -5.26. The van der Waals surface area contributed by atoms with E-state index in [1.807, 2.05) is 17.5 Å². The molecule has 0 saturated heterocycles. The van der Waals surface area contributed by atoms with Gasteiger partial charge in [-0.05, 0) is 47.4 Å². The summed E-state index contributed by atoms with van der Waals surface area (Å²) >= 11 is 2.95. The van der Waals surface area contributed by atoms with Gasteiger partial charge >= 0.3 is 18.1 Å². The van der Waals surface area contributed by atoms with Gasteiger partial charge in [0.25, 0.3) is 5.91 Å². The van der Waals surface area contributed by atoms with Gasteiger partial charge < -0.3 is 14.5 Å². The van der Waals surface area contributed by atoms with E-state index in [-0.39, 0.29) is 6.54 Å². The van der Waals surface area contributed by atoms with Crippen LogP contribution in [0.1, 0.15) is 26.5 Å². The van der Waals surface area contributed by atoms with Crippen molar-refractivity contribution in [3.05, 3.63) is 44.3 Å². The second kappa shape index (κ2) is 10.4. The standard InChI is InChI=1S/C20H23F3N2O4S2/c1-25(2,3)11-14(10-17(26)29-19(28)20(21,22)23)24-18(27)16-7-6-15(31-16)5-4-13-8-9-30-12-13/h6-9,12,14H,4-5,10-11H2,1-3H3/p+1/t14-/m1/s1. The molecule has 0 bridgehead atoms. The largest absolute Gasteiger partial charge is 0.491 e.